The van der Waals surface area contributed by atoms with Crippen LogP contribution in [0.2, 0.25) is 0 Å². The lowest BCUT2D eigenvalue weighted by Gasteiger charge is -2.18. The Morgan fingerprint density at radius 3 is 2.70 bits per heavy atom. The van der Waals surface area contributed by atoms with E-state index in [1.165, 1.54) is 21.4 Å². The first-order chi connectivity index (χ1) is 13.2. The predicted molar refractivity (Wildman–Crippen MR) is 120 cm³/mol. The van der Waals surface area contributed by atoms with Gasteiger partial charge < -0.3 is 15.6 Å². The number of aryl methyl sites for hydroxylation is 1. The SMILES string of the molecule is Cc1ccccc1NC(=S)NCC(c1cccs1)c1c[nH]c2ccccc12. The quantitative estimate of drug-likeness (QED) is 0.385. The summed E-state index contributed by atoms with van der Waals surface area (Å²) in [6.45, 7) is 2.81. The molecule has 136 valence electrons. The fraction of sp³-hybridized carbons (Fsp3) is 0.136. The topological polar surface area (TPSA) is 39.8 Å². The lowest BCUT2D eigenvalue weighted by molar-refractivity contribution is 0.778. The molecule has 4 rings (SSSR count). The Kier molecular flexibility index (Phi) is 5.23. The Hall–Kier alpha value is -2.63. The van der Waals surface area contributed by atoms with Gasteiger partial charge in [-0.1, -0.05) is 42.5 Å². The third-order valence-corrected chi connectivity index (χ3v) is 5.98. The minimum atomic E-state index is 0.234. The number of nitrogens with one attached hydrogen (secondary N) is 3. The molecule has 1 unspecified atom stereocenters. The number of aromatic nitrogens is 1. The van der Waals surface area contributed by atoms with Gasteiger partial charge in [0.25, 0.3) is 0 Å². The number of anilines is 1. The van der Waals surface area contributed by atoms with Gasteiger partial charge in [0.2, 0.25) is 0 Å². The maximum atomic E-state index is 5.54. The summed E-state index contributed by atoms with van der Waals surface area (Å²) >= 11 is 7.32. The summed E-state index contributed by atoms with van der Waals surface area (Å²) in [5, 5.41) is 10.8. The Morgan fingerprint density at radius 2 is 1.89 bits per heavy atom. The molecule has 0 radical (unpaired) electrons. The molecule has 4 aromatic rings. The van der Waals surface area contributed by atoms with Crippen molar-refractivity contribution in [2.45, 2.75) is 12.8 Å². The largest absolute Gasteiger partial charge is 0.361 e. The van der Waals surface area contributed by atoms with E-state index >= 15 is 0 Å². The minimum Gasteiger partial charge on any atom is -0.361 e. The Labute approximate surface area is 168 Å². The van der Waals surface area contributed by atoms with Gasteiger partial charge in [-0.15, -0.1) is 11.3 Å². The zero-order chi connectivity index (χ0) is 18.6. The van der Waals surface area contributed by atoms with Gasteiger partial charge >= 0.3 is 0 Å². The molecular weight excluding hydrogens is 370 g/mol. The number of thiocarbonyl (C=S) groups is 1. The highest BCUT2D eigenvalue weighted by atomic mass is 32.1. The molecule has 1 atom stereocenters. The smallest absolute Gasteiger partial charge is 0.170 e. The summed E-state index contributed by atoms with van der Waals surface area (Å²) in [5.41, 5.74) is 4.66. The highest BCUT2D eigenvalue weighted by Crippen LogP contribution is 2.32. The third-order valence-electron chi connectivity index (χ3n) is 4.74. The highest BCUT2D eigenvalue weighted by molar-refractivity contribution is 7.80. The summed E-state index contributed by atoms with van der Waals surface area (Å²) < 4.78 is 0. The van der Waals surface area contributed by atoms with Crippen LogP contribution in [0.25, 0.3) is 10.9 Å². The fourth-order valence-corrected chi connectivity index (χ4v) is 4.35. The third kappa shape index (κ3) is 3.89. The van der Waals surface area contributed by atoms with Crippen molar-refractivity contribution in [3.63, 3.8) is 0 Å². The molecule has 2 heterocycles. The van der Waals surface area contributed by atoms with Crippen LogP contribution in [0.5, 0.6) is 0 Å². The van der Waals surface area contributed by atoms with Crippen LogP contribution in [0.4, 0.5) is 5.69 Å². The van der Waals surface area contributed by atoms with E-state index in [9.17, 15) is 0 Å². The molecule has 0 aliphatic heterocycles. The number of rotatable bonds is 5. The van der Waals surface area contributed by atoms with Crippen LogP contribution in [-0.4, -0.2) is 16.6 Å². The van der Waals surface area contributed by atoms with Crippen LogP contribution < -0.4 is 10.6 Å². The molecule has 0 aliphatic rings. The molecule has 0 fully saturated rings. The summed E-state index contributed by atoms with van der Waals surface area (Å²) in [7, 11) is 0. The zero-order valence-corrected chi connectivity index (χ0v) is 16.7. The Balaban J connectivity index is 1.54. The van der Waals surface area contributed by atoms with E-state index in [0.717, 1.165) is 17.7 Å². The maximum Gasteiger partial charge on any atom is 0.170 e. The van der Waals surface area contributed by atoms with Crippen molar-refractivity contribution in [3.05, 3.63) is 88.2 Å². The number of hydrogen-bond acceptors (Lipinski definition) is 2. The minimum absolute atomic E-state index is 0.234. The average molecular weight is 392 g/mol. The first-order valence-electron chi connectivity index (χ1n) is 8.92. The molecule has 0 saturated carbocycles. The normalized spacial score (nSPS) is 12.0. The molecule has 3 N–H and O–H groups in total. The highest BCUT2D eigenvalue weighted by Gasteiger charge is 2.19. The summed E-state index contributed by atoms with van der Waals surface area (Å²) in [6, 6.07) is 20.9. The van der Waals surface area contributed by atoms with Crippen LogP contribution in [-0.2, 0) is 0 Å². The summed E-state index contributed by atoms with van der Waals surface area (Å²) in [5.74, 6) is 0.234. The number of benzene rings is 2. The van der Waals surface area contributed by atoms with Crippen molar-refractivity contribution >= 4 is 45.3 Å². The van der Waals surface area contributed by atoms with Gasteiger partial charge in [-0.3, -0.25) is 0 Å². The van der Waals surface area contributed by atoms with Gasteiger partial charge in [-0.2, -0.15) is 0 Å². The van der Waals surface area contributed by atoms with E-state index in [-0.39, 0.29) is 5.92 Å². The number of H-pyrrole nitrogens is 1. The van der Waals surface area contributed by atoms with E-state index < -0.39 is 0 Å². The van der Waals surface area contributed by atoms with Gasteiger partial charge in [-0.05, 0) is 53.8 Å². The van der Waals surface area contributed by atoms with Crippen molar-refractivity contribution in [2.75, 3.05) is 11.9 Å². The maximum absolute atomic E-state index is 5.54. The molecule has 2 aromatic heterocycles. The lowest BCUT2D eigenvalue weighted by atomic mass is 9.97. The first kappa shape index (κ1) is 17.8. The van der Waals surface area contributed by atoms with Gasteiger partial charge in [0.15, 0.2) is 5.11 Å². The van der Waals surface area contributed by atoms with Crippen molar-refractivity contribution in [2.24, 2.45) is 0 Å². The molecule has 0 bridgehead atoms. The van der Waals surface area contributed by atoms with Gasteiger partial charge in [0.05, 0.1) is 0 Å². The number of fused-ring (bicyclic) bond motifs is 1. The van der Waals surface area contributed by atoms with Gasteiger partial charge in [0.1, 0.15) is 0 Å². The molecular formula is C22H21N3S2. The molecule has 0 amide bonds. The monoisotopic (exact) mass is 391 g/mol. The Morgan fingerprint density at radius 1 is 1.07 bits per heavy atom. The van der Waals surface area contributed by atoms with Gasteiger partial charge in [0, 0.05) is 40.1 Å². The van der Waals surface area contributed by atoms with Crippen molar-refractivity contribution < 1.29 is 0 Å². The fourth-order valence-electron chi connectivity index (χ4n) is 3.31. The summed E-state index contributed by atoms with van der Waals surface area (Å²) in [4.78, 5) is 4.72. The van der Waals surface area contributed by atoms with Crippen LogP contribution in [0.3, 0.4) is 0 Å². The van der Waals surface area contributed by atoms with E-state index in [0.29, 0.717) is 5.11 Å². The van der Waals surface area contributed by atoms with Crippen molar-refractivity contribution in [1.82, 2.24) is 10.3 Å². The molecule has 27 heavy (non-hydrogen) atoms. The second-order valence-electron chi connectivity index (χ2n) is 6.51. The van der Waals surface area contributed by atoms with Crippen LogP contribution >= 0.6 is 23.6 Å². The molecule has 2 aromatic carbocycles. The van der Waals surface area contributed by atoms with Crippen molar-refractivity contribution in [1.29, 1.82) is 0 Å². The molecule has 5 heteroatoms. The van der Waals surface area contributed by atoms with Gasteiger partial charge in [-0.25, -0.2) is 0 Å². The van der Waals surface area contributed by atoms with Crippen LogP contribution in [0.1, 0.15) is 21.9 Å². The zero-order valence-electron chi connectivity index (χ0n) is 15.0. The van der Waals surface area contributed by atoms with E-state index in [1.54, 1.807) is 11.3 Å². The number of para-hydroxylation sites is 2. The van der Waals surface area contributed by atoms with E-state index in [2.05, 4.69) is 76.6 Å². The lowest BCUT2D eigenvalue weighted by Crippen LogP contribution is -2.32. The number of aromatic amines is 1. The van der Waals surface area contributed by atoms with Crippen LogP contribution in [0, 0.1) is 6.92 Å². The molecule has 0 spiro atoms. The van der Waals surface area contributed by atoms with E-state index in [1.807, 2.05) is 18.2 Å². The first-order valence-corrected chi connectivity index (χ1v) is 10.2. The Bertz CT molecular complexity index is 1050. The molecule has 3 nitrogen and oxygen atoms in total. The predicted octanol–water partition coefficient (Wildman–Crippen LogP) is 5.66. The standard InChI is InChI=1S/C22H21N3S2/c1-15-7-2-4-9-19(15)25-22(26)24-14-18(21-11-6-12-27-21)17-13-23-20-10-5-3-8-16(17)20/h2-13,18,23H,14H2,1H3,(H2,24,25,26). The average Bonchev–Trinajstić information content (AvgIpc) is 3.35. The van der Waals surface area contributed by atoms with E-state index in [4.69, 9.17) is 12.2 Å². The molecule has 0 aliphatic carbocycles. The van der Waals surface area contributed by atoms with Crippen molar-refractivity contribution in [3.8, 4) is 0 Å². The second-order valence-corrected chi connectivity index (χ2v) is 7.90. The summed E-state index contributed by atoms with van der Waals surface area (Å²) in [6.07, 6.45) is 2.12. The second kappa shape index (κ2) is 7.94. The van der Waals surface area contributed by atoms with Crippen LogP contribution in [0.15, 0.2) is 72.2 Å². The molecule has 0 saturated heterocycles. The number of hydrogen-bond donors (Lipinski definition) is 3. The number of thiophene rings is 1.